The Kier molecular flexibility index (Phi) is 5.11. The molecule has 20 heavy (non-hydrogen) atoms. The molecule has 0 atom stereocenters. The molecule has 0 amide bonds. The molecule has 0 radical (unpaired) electrons. The Bertz CT molecular complexity index is 533. The van der Waals surface area contributed by atoms with E-state index in [1.165, 1.54) is 0 Å². The average molecular weight is 278 g/mol. The van der Waals surface area contributed by atoms with Crippen LogP contribution in [-0.4, -0.2) is 44.6 Å². The zero-order valence-corrected chi connectivity index (χ0v) is 12.3. The molecule has 0 fully saturated rings. The summed E-state index contributed by atoms with van der Waals surface area (Å²) in [7, 11) is 3.59. The second kappa shape index (κ2) is 7.04. The van der Waals surface area contributed by atoms with Crippen LogP contribution in [0, 0.1) is 6.92 Å². The fourth-order valence-electron chi connectivity index (χ4n) is 1.99. The van der Waals surface area contributed by atoms with Crippen LogP contribution in [0.3, 0.4) is 0 Å². The SMILES string of the molecule is COCCCNc1nc(C)cn1CCc1ncn(C)n1. The Labute approximate surface area is 119 Å². The van der Waals surface area contributed by atoms with Gasteiger partial charge in [-0.15, -0.1) is 0 Å². The summed E-state index contributed by atoms with van der Waals surface area (Å²) in [5.41, 5.74) is 1.01. The van der Waals surface area contributed by atoms with E-state index < -0.39 is 0 Å². The number of anilines is 1. The lowest BCUT2D eigenvalue weighted by molar-refractivity contribution is 0.197. The number of ether oxygens (including phenoxy) is 1. The zero-order chi connectivity index (χ0) is 14.4. The van der Waals surface area contributed by atoms with Crippen LogP contribution in [0.4, 0.5) is 5.95 Å². The van der Waals surface area contributed by atoms with Crippen LogP contribution in [0.5, 0.6) is 0 Å². The maximum atomic E-state index is 5.04. The summed E-state index contributed by atoms with van der Waals surface area (Å²) in [6.45, 7) is 4.42. The standard InChI is InChI=1S/C13H22N6O/c1-11-9-19(7-5-12-15-10-18(2)17-12)13(16-11)14-6-4-8-20-3/h9-10H,4-8H2,1-3H3,(H,14,16). The van der Waals surface area contributed by atoms with Gasteiger partial charge in [0.2, 0.25) is 5.95 Å². The first-order valence-electron chi connectivity index (χ1n) is 6.80. The number of imidazole rings is 1. The third-order valence-electron chi connectivity index (χ3n) is 2.93. The van der Waals surface area contributed by atoms with Gasteiger partial charge in [-0.3, -0.25) is 4.68 Å². The molecule has 0 aliphatic rings. The topological polar surface area (TPSA) is 69.8 Å². The highest BCUT2D eigenvalue weighted by Gasteiger charge is 2.06. The first-order valence-corrected chi connectivity index (χ1v) is 6.80. The molecule has 0 bridgehead atoms. The number of hydrogen-bond donors (Lipinski definition) is 1. The lowest BCUT2D eigenvalue weighted by atomic mass is 10.4. The third kappa shape index (κ3) is 4.06. The molecule has 0 saturated carbocycles. The van der Waals surface area contributed by atoms with E-state index in [2.05, 4.69) is 25.0 Å². The van der Waals surface area contributed by atoms with Crippen molar-refractivity contribution in [2.24, 2.45) is 7.05 Å². The molecule has 2 aromatic heterocycles. The van der Waals surface area contributed by atoms with Gasteiger partial charge in [-0.25, -0.2) is 9.97 Å². The highest BCUT2D eigenvalue weighted by molar-refractivity contribution is 5.28. The van der Waals surface area contributed by atoms with Crippen molar-refractivity contribution in [2.75, 3.05) is 25.6 Å². The third-order valence-corrected chi connectivity index (χ3v) is 2.93. The van der Waals surface area contributed by atoms with Crippen molar-refractivity contribution in [3.8, 4) is 0 Å². The molecule has 0 unspecified atom stereocenters. The van der Waals surface area contributed by atoms with Gasteiger partial charge in [0.1, 0.15) is 6.33 Å². The molecule has 2 aromatic rings. The number of nitrogens with one attached hydrogen (secondary N) is 1. The maximum Gasteiger partial charge on any atom is 0.203 e. The number of nitrogens with zero attached hydrogens (tertiary/aromatic N) is 5. The summed E-state index contributed by atoms with van der Waals surface area (Å²) in [6.07, 6.45) is 5.52. The van der Waals surface area contributed by atoms with E-state index in [4.69, 9.17) is 4.74 Å². The molecule has 2 heterocycles. The van der Waals surface area contributed by atoms with Gasteiger partial charge in [-0.05, 0) is 13.3 Å². The predicted molar refractivity (Wildman–Crippen MR) is 76.7 cm³/mol. The minimum Gasteiger partial charge on any atom is -0.385 e. The van der Waals surface area contributed by atoms with Gasteiger partial charge in [0, 0.05) is 46.5 Å². The Balaban J connectivity index is 1.89. The van der Waals surface area contributed by atoms with Crippen LogP contribution in [0.2, 0.25) is 0 Å². The lowest BCUT2D eigenvalue weighted by Crippen LogP contribution is -2.11. The Morgan fingerprint density at radius 1 is 1.40 bits per heavy atom. The first kappa shape index (κ1) is 14.5. The monoisotopic (exact) mass is 278 g/mol. The summed E-state index contributed by atoms with van der Waals surface area (Å²) in [5, 5.41) is 7.62. The number of aryl methyl sites for hydroxylation is 4. The van der Waals surface area contributed by atoms with Gasteiger partial charge in [-0.2, -0.15) is 5.10 Å². The second-order valence-electron chi connectivity index (χ2n) is 4.76. The quantitative estimate of drug-likeness (QED) is 0.730. The molecular weight excluding hydrogens is 256 g/mol. The van der Waals surface area contributed by atoms with E-state index in [0.29, 0.717) is 0 Å². The fraction of sp³-hybridized carbons (Fsp3) is 0.615. The highest BCUT2D eigenvalue weighted by Crippen LogP contribution is 2.09. The van der Waals surface area contributed by atoms with E-state index >= 15 is 0 Å². The Morgan fingerprint density at radius 2 is 2.25 bits per heavy atom. The van der Waals surface area contributed by atoms with E-state index in [-0.39, 0.29) is 0 Å². The van der Waals surface area contributed by atoms with Crippen molar-refractivity contribution < 1.29 is 4.74 Å². The minimum atomic E-state index is 0.755. The van der Waals surface area contributed by atoms with Gasteiger partial charge in [0.05, 0.1) is 5.69 Å². The smallest absolute Gasteiger partial charge is 0.203 e. The van der Waals surface area contributed by atoms with E-state index in [1.807, 2.05) is 20.2 Å². The molecule has 110 valence electrons. The number of rotatable bonds is 8. The highest BCUT2D eigenvalue weighted by atomic mass is 16.5. The Hall–Kier alpha value is -1.89. The van der Waals surface area contributed by atoms with Gasteiger partial charge in [0.15, 0.2) is 5.82 Å². The zero-order valence-electron chi connectivity index (χ0n) is 12.3. The van der Waals surface area contributed by atoms with Crippen molar-refractivity contribution >= 4 is 5.95 Å². The van der Waals surface area contributed by atoms with Crippen molar-refractivity contribution in [2.45, 2.75) is 26.3 Å². The molecule has 0 aromatic carbocycles. The molecule has 7 nitrogen and oxygen atoms in total. The Morgan fingerprint density at radius 3 is 2.95 bits per heavy atom. The van der Waals surface area contributed by atoms with Crippen molar-refractivity contribution in [1.29, 1.82) is 0 Å². The first-order chi connectivity index (χ1) is 9.69. The van der Waals surface area contributed by atoms with Crippen molar-refractivity contribution in [3.05, 3.63) is 24.0 Å². The molecule has 0 aliphatic heterocycles. The molecule has 7 heteroatoms. The van der Waals surface area contributed by atoms with E-state index in [1.54, 1.807) is 18.1 Å². The number of aromatic nitrogens is 5. The van der Waals surface area contributed by atoms with Crippen molar-refractivity contribution in [1.82, 2.24) is 24.3 Å². The predicted octanol–water partition coefficient (Wildman–Crippen LogP) is 1.01. The van der Waals surface area contributed by atoms with Crippen LogP contribution in [-0.2, 0) is 24.8 Å². The summed E-state index contributed by atoms with van der Waals surface area (Å²) in [6, 6.07) is 0. The van der Waals surface area contributed by atoms with E-state index in [9.17, 15) is 0 Å². The van der Waals surface area contributed by atoms with E-state index in [0.717, 1.165) is 50.0 Å². The van der Waals surface area contributed by atoms with Crippen LogP contribution in [0.25, 0.3) is 0 Å². The largest absolute Gasteiger partial charge is 0.385 e. The number of methoxy groups -OCH3 is 1. The molecule has 0 aliphatic carbocycles. The fourth-order valence-corrected chi connectivity index (χ4v) is 1.99. The van der Waals surface area contributed by atoms with Crippen molar-refractivity contribution in [3.63, 3.8) is 0 Å². The maximum absolute atomic E-state index is 5.04. The van der Waals surface area contributed by atoms with Crippen LogP contribution < -0.4 is 5.32 Å². The normalized spacial score (nSPS) is 10.9. The second-order valence-corrected chi connectivity index (χ2v) is 4.76. The summed E-state index contributed by atoms with van der Waals surface area (Å²) in [4.78, 5) is 8.73. The molecule has 0 saturated heterocycles. The molecular formula is C13H22N6O. The van der Waals surface area contributed by atoms with Gasteiger partial charge >= 0.3 is 0 Å². The van der Waals surface area contributed by atoms with Gasteiger partial charge < -0.3 is 14.6 Å². The number of hydrogen-bond acceptors (Lipinski definition) is 5. The lowest BCUT2D eigenvalue weighted by Gasteiger charge is -2.08. The minimum absolute atomic E-state index is 0.755. The average Bonchev–Trinajstić information content (AvgIpc) is 2.98. The molecule has 0 spiro atoms. The summed E-state index contributed by atoms with van der Waals surface area (Å²) in [5.74, 6) is 1.75. The van der Waals surface area contributed by atoms with Gasteiger partial charge in [0.25, 0.3) is 0 Å². The van der Waals surface area contributed by atoms with Crippen LogP contribution in [0.1, 0.15) is 17.9 Å². The summed E-state index contributed by atoms with van der Waals surface area (Å²) >= 11 is 0. The molecule has 1 N–H and O–H groups in total. The summed E-state index contributed by atoms with van der Waals surface area (Å²) < 4.78 is 8.87. The van der Waals surface area contributed by atoms with Crippen LogP contribution >= 0.6 is 0 Å². The van der Waals surface area contributed by atoms with Crippen LogP contribution in [0.15, 0.2) is 12.5 Å². The van der Waals surface area contributed by atoms with Gasteiger partial charge in [-0.1, -0.05) is 0 Å². The molecule has 2 rings (SSSR count).